The van der Waals surface area contributed by atoms with Crippen molar-refractivity contribution in [1.29, 1.82) is 0 Å². The van der Waals surface area contributed by atoms with Crippen molar-refractivity contribution in [2.45, 2.75) is 32.4 Å². The minimum Gasteiger partial charge on any atom is -0.497 e. The first-order valence-electron chi connectivity index (χ1n) is 7.39. The van der Waals surface area contributed by atoms with E-state index in [1.807, 2.05) is 43.1 Å². The molecule has 0 aliphatic heterocycles. The van der Waals surface area contributed by atoms with Crippen LogP contribution in [0.5, 0.6) is 5.75 Å². The zero-order valence-electron chi connectivity index (χ0n) is 13.4. The number of rotatable bonds is 8. The van der Waals surface area contributed by atoms with Crippen LogP contribution in [0.4, 0.5) is 0 Å². The van der Waals surface area contributed by atoms with Crippen LogP contribution in [0, 0.1) is 0 Å². The number of hydrogen-bond acceptors (Lipinski definition) is 4. The van der Waals surface area contributed by atoms with Crippen LogP contribution in [-0.4, -0.2) is 44.1 Å². The molecule has 1 amide bonds. The molecule has 0 aromatic heterocycles. The van der Waals surface area contributed by atoms with Gasteiger partial charge in [-0.2, -0.15) is 0 Å². The molecule has 1 aromatic carbocycles. The second-order valence-electron chi connectivity index (χ2n) is 5.16. The Morgan fingerprint density at radius 1 is 1.43 bits per heavy atom. The maximum atomic E-state index is 11.8. The number of amides is 1. The molecule has 3 N–H and O–H groups in total. The lowest BCUT2D eigenvalue weighted by Crippen LogP contribution is -2.43. The average molecular weight is 293 g/mol. The lowest BCUT2D eigenvalue weighted by molar-refractivity contribution is -0.122. The van der Waals surface area contributed by atoms with E-state index in [1.54, 1.807) is 7.11 Å². The van der Waals surface area contributed by atoms with Gasteiger partial charge in [0.2, 0.25) is 5.91 Å². The van der Waals surface area contributed by atoms with Gasteiger partial charge < -0.3 is 15.8 Å². The van der Waals surface area contributed by atoms with Gasteiger partial charge in [-0.05, 0) is 38.1 Å². The Balaban J connectivity index is 2.96. The Hall–Kier alpha value is -1.59. The van der Waals surface area contributed by atoms with E-state index in [-0.39, 0.29) is 18.0 Å². The predicted octanol–water partition coefficient (Wildman–Crippen LogP) is 1.54. The van der Waals surface area contributed by atoms with E-state index in [4.69, 9.17) is 10.5 Å². The molecule has 0 aliphatic rings. The van der Waals surface area contributed by atoms with Crippen LogP contribution in [-0.2, 0) is 4.79 Å². The van der Waals surface area contributed by atoms with Crippen molar-refractivity contribution in [3.8, 4) is 5.75 Å². The first-order valence-corrected chi connectivity index (χ1v) is 7.39. The van der Waals surface area contributed by atoms with Crippen LogP contribution in [0.2, 0.25) is 0 Å². The fourth-order valence-corrected chi connectivity index (χ4v) is 2.46. The number of benzene rings is 1. The number of hydrogen-bond donors (Lipinski definition) is 2. The molecule has 1 aromatic rings. The summed E-state index contributed by atoms with van der Waals surface area (Å²) < 4.78 is 5.28. The van der Waals surface area contributed by atoms with E-state index in [2.05, 4.69) is 12.2 Å². The summed E-state index contributed by atoms with van der Waals surface area (Å²) in [7, 11) is 3.57. The molecule has 5 heteroatoms. The fourth-order valence-electron chi connectivity index (χ4n) is 2.46. The maximum absolute atomic E-state index is 11.8. The second kappa shape index (κ2) is 8.64. The third-order valence-electron chi connectivity index (χ3n) is 3.55. The van der Waals surface area contributed by atoms with Crippen molar-refractivity contribution >= 4 is 5.91 Å². The van der Waals surface area contributed by atoms with E-state index < -0.39 is 0 Å². The van der Waals surface area contributed by atoms with Crippen LogP contribution >= 0.6 is 0 Å². The van der Waals surface area contributed by atoms with E-state index in [0.29, 0.717) is 13.1 Å². The molecule has 2 atom stereocenters. The van der Waals surface area contributed by atoms with Crippen molar-refractivity contribution in [2.75, 3.05) is 27.2 Å². The van der Waals surface area contributed by atoms with Crippen molar-refractivity contribution < 1.29 is 9.53 Å². The lowest BCUT2D eigenvalue weighted by atomic mass is 9.96. The van der Waals surface area contributed by atoms with Crippen molar-refractivity contribution in [3.05, 3.63) is 29.8 Å². The molecule has 0 aliphatic carbocycles. The highest BCUT2D eigenvalue weighted by Gasteiger charge is 2.24. The number of nitrogens with two attached hydrogens (primary N) is 1. The van der Waals surface area contributed by atoms with Crippen LogP contribution in [0.1, 0.15) is 31.9 Å². The molecule has 0 saturated heterocycles. The molecule has 21 heavy (non-hydrogen) atoms. The largest absolute Gasteiger partial charge is 0.497 e. The molecule has 0 radical (unpaired) electrons. The first-order chi connectivity index (χ1) is 10.0. The second-order valence-corrected chi connectivity index (χ2v) is 5.16. The van der Waals surface area contributed by atoms with Gasteiger partial charge in [0.15, 0.2) is 0 Å². The molecule has 0 heterocycles. The molecule has 118 valence electrons. The third-order valence-corrected chi connectivity index (χ3v) is 3.55. The Bertz CT molecular complexity index is 451. The van der Waals surface area contributed by atoms with Crippen LogP contribution in [0.15, 0.2) is 24.3 Å². The summed E-state index contributed by atoms with van der Waals surface area (Å²) in [5.74, 6) is 0.809. The summed E-state index contributed by atoms with van der Waals surface area (Å²) in [4.78, 5) is 13.8. The van der Waals surface area contributed by atoms with Gasteiger partial charge >= 0.3 is 0 Å². The Morgan fingerprint density at radius 3 is 2.71 bits per heavy atom. The monoisotopic (exact) mass is 293 g/mol. The minimum absolute atomic E-state index is 0.0104. The van der Waals surface area contributed by atoms with E-state index >= 15 is 0 Å². The smallest absolute Gasteiger partial charge is 0.234 e. The lowest BCUT2D eigenvalue weighted by Gasteiger charge is -2.32. The average Bonchev–Trinajstić information content (AvgIpc) is 2.47. The highest BCUT2D eigenvalue weighted by molar-refractivity contribution is 5.77. The van der Waals surface area contributed by atoms with Crippen LogP contribution in [0.25, 0.3) is 0 Å². The van der Waals surface area contributed by atoms with Gasteiger partial charge in [0, 0.05) is 12.6 Å². The van der Waals surface area contributed by atoms with E-state index in [1.165, 1.54) is 0 Å². The Kier molecular flexibility index (Phi) is 7.19. The van der Waals surface area contributed by atoms with Gasteiger partial charge in [-0.1, -0.05) is 19.1 Å². The fraction of sp³-hybridized carbons (Fsp3) is 0.562. The van der Waals surface area contributed by atoms with Gasteiger partial charge in [0.05, 0.1) is 19.7 Å². The summed E-state index contributed by atoms with van der Waals surface area (Å²) in [6.45, 7) is 4.92. The number of nitrogens with one attached hydrogen (secondary N) is 1. The van der Waals surface area contributed by atoms with E-state index in [0.717, 1.165) is 17.7 Å². The number of methoxy groups -OCH3 is 1. The number of likely N-dealkylation sites (N-methyl/N-ethyl adjacent to an activating group) is 2. The van der Waals surface area contributed by atoms with Gasteiger partial charge in [0.1, 0.15) is 5.75 Å². The van der Waals surface area contributed by atoms with E-state index in [9.17, 15) is 4.79 Å². The van der Waals surface area contributed by atoms with Gasteiger partial charge in [-0.3, -0.25) is 9.69 Å². The van der Waals surface area contributed by atoms with Gasteiger partial charge in [-0.15, -0.1) is 0 Å². The van der Waals surface area contributed by atoms with Crippen molar-refractivity contribution in [2.24, 2.45) is 5.73 Å². The molecule has 0 saturated carbocycles. The SMILES string of the molecule is CCNC(=O)CN(C)C(c1cccc(OC)c1)C(N)CC. The summed E-state index contributed by atoms with van der Waals surface area (Å²) in [6, 6.07) is 7.79. The van der Waals surface area contributed by atoms with Gasteiger partial charge in [-0.25, -0.2) is 0 Å². The molecule has 0 bridgehead atoms. The quantitative estimate of drug-likeness (QED) is 0.763. The van der Waals surface area contributed by atoms with Crippen molar-refractivity contribution in [3.63, 3.8) is 0 Å². The zero-order valence-corrected chi connectivity index (χ0v) is 13.4. The summed E-state index contributed by atoms with van der Waals surface area (Å²) in [5.41, 5.74) is 7.34. The number of carbonyl (C=O) groups is 1. The third kappa shape index (κ3) is 5.02. The van der Waals surface area contributed by atoms with Crippen LogP contribution in [0.3, 0.4) is 0 Å². The molecule has 1 rings (SSSR count). The molecule has 0 fully saturated rings. The topological polar surface area (TPSA) is 67.6 Å². The van der Waals surface area contributed by atoms with Crippen molar-refractivity contribution in [1.82, 2.24) is 10.2 Å². The van der Waals surface area contributed by atoms with Gasteiger partial charge in [0.25, 0.3) is 0 Å². The zero-order chi connectivity index (χ0) is 15.8. The molecule has 5 nitrogen and oxygen atoms in total. The predicted molar refractivity (Wildman–Crippen MR) is 85.3 cm³/mol. The standard InChI is InChI=1S/C16H27N3O2/c1-5-14(17)16(19(3)11-15(20)18-6-2)12-8-7-9-13(10-12)21-4/h7-10,14,16H,5-6,11,17H2,1-4H3,(H,18,20). The normalized spacial score (nSPS) is 13.8. The Labute approximate surface area is 127 Å². The summed E-state index contributed by atoms with van der Waals surface area (Å²) in [5, 5.41) is 2.82. The number of carbonyl (C=O) groups excluding carboxylic acids is 1. The molecule has 0 spiro atoms. The minimum atomic E-state index is -0.0449. The molecular formula is C16H27N3O2. The highest BCUT2D eigenvalue weighted by atomic mass is 16.5. The first kappa shape index (κ1) is 17.5. The van der Waals surface area contributed by atoms with Crippen LogP contribution < -0.4 is 15.8 Å². The highest BCUT2D eigenvalue weighted by Crippen LogP contribution is 2.26. The maximum Gasteiger partial charge on any atom is 0.234 e. The Morgan fingerprint density at radius 2 is 2.14 bits per heavy atom. The summed E-state index contributed by atoms with van der Waals surface area (Å²) in [6.07, 6.45) is 0.835. The summed E-state index contributed by atoms with van der Waals surface area (Å²) >= 11 is 0. The molecular weight excluding hydrogens is 266 g/mol. The molecule has 2 unspecified atom stereocenters. The number of nitrogens with zero attached hydrogens (tertiary/aromatic N) is 1. The number of ether oxygens (including phenoxy) is 1.